The molecule has 4 rings (SSSR count). The van der Waals surface area contributed by atoms with E-state index >= 15 is 0 Å². The third kappa shape index (κ3) is 4.65. The maximum absolute atomic E-state index is 13.3. The molecule has 0 fully saturated rings. The van der Waals surface area contributed by atoms with E-state index in [1.54, 1.807) is 0 Å². The maximum Gasteiger partial charge on any atom is 0.416 e. The lowest BCUT2D eigenvalue weighted by Gasteiger charge is -2.31. The van der Waals surface area contributed by atoms with Crippen molar-refractivity contribution in [3.8, 4) is 5.75 Å². The summed E-state index contributed by atoms with van der Waals surface area (Å²) in [7, 11) is 0. The summed E-state index contributed by atoms with van der Waals surface area (Å²) in [5, 5.41) is 10.5. The van der Waals surface area contributed by atoms with Crippen LogP contribution in [0.25, 0.3) is 0 Å². The van der Waals surface area contributed by atoms with Gasteiger partial charge in [-0.15, -0.1) is 0 Å². The number of halogens is 5. The molecule has 1 heterocycles. The van der Waals surface area contributed by atoms with Gasteiger partial charge in [0.2, 0.25) is 0 Å². The van der Waals surface area contributed by atoms with Crippen LogP contribution in [-0.4, -0.2) is 17.9 Å². The summed E-state index contributed by atoms with van der Waals surface area (Å²) in [6.07, 6.45) is -2.45. The van der Waals surface area contributed by atoms with Gasteiger partial charge in [-0.25, -0.2) is 0 Å². The van der Waals surface area contributed by atoms with Crippen molar-refractivity contribution >= 4 is 40.8 Å². The Morgan fingerprint density at radius 1 is 1.00 bits per heavy atom. The fraction of sp³-hybridized carbons (Fsp3) is 0.174. The molecule has 1 aliphatic heterocycles. The van der Waals surface area contributed by atoms with Crippen LogP contribution < -0.4 is 4.90 Å². The van der Waals surface area contributed by atoms with Crippen molar-refractivity contribution in [2.24, 2.45) is 4.99 Å². The number of hydrogen-bond donors (Lipinski definition) is 1. The minimum absolute atomic E-state index is 0.0332. The van der Waals surface area contributed by atoms with Gasteiger partial charge in [-0.3, -0.25) is 4.99 Å². The first-order valence-electron chi connectivity index (χ1n) is 9.47. The first-order valence-corrected chi connectivity index (χ1v) is 10.2. The average Bonchev–Trinajstić information content (AvgIpc) is 2.74. The SMILES string of the molecule is Oc1c(Cl)cc(Cl)cc1C=Nc1cc(C(F)(F)F)ccc1N1CCc2ccccc2C1. The Morgan fingerprint density at radius 2 is 1.74 bits per heavy atom. The lowest BCUT2D eigenvalue weighted by atomic mass is 9.99. The summed E-state index contributed by atoms with van der Waals surface area (Å²) in [5.74, 6) is -0.241. The summed E-state index contributed by atoms with van der Waals surface area (Å²) in [5.41, 5.74) is 2.49. The van der Waals surface area contributed by atoms with E-state index < -0.39 is 11.7 Å². The third-order valence-corrected chi connectivity index (χ3v) is 5.68. The minimum Gasteiger partial charge on any atom is -0.506 e. The number of benzene rings is 3. The van der Waals surface area contributed by atoms with Gasteiger partial charge in [0.25, 0.3) is 0 Å². The van der Waals surface area contributed by atoms with Crippen molar-refractivity contribution in [3.05, 3.63) is 86.9 Å². The average molecular weight is 465 g/mol. The van der Waals surface area contributed by atoms with Gasteiger partial charge in [0, 0.05) is 29.9 Å². The van der Waals surface area contributed by atoms with Crippen molar-refractivity contribution < 1.29 is 18.3 Å². The zero-order chi connectivity index (χ0) is 22.2. The topological polar surface area (TPSA) is 35.8 Å². The molecular formula is C23H17Cl2F3N2O. The zero-order valence-electron chi connectivity index (χ0n) is 16.1. The molecule has 1 N–H and O–H groups in total. The minimum atomic E-state index is -4.50. The van der Waals surface area contributed by atoms with Crippen LogP contribution in [0, 0.1) is 0 Å². The van der Waals surface area contributed by atoms with Crippen LogP contribution in [-0.2, 0) is 19.1 Å². The van der Waals surface area contributed by atoms with Crippen LogP contribution >= 0.6 is 23.2 Å². The molecule has 3 aromatic carbocycles. The summed E-state index contributed by atoms with van der Waals surface area (Å²) in [6, 6.07) is 14.3. The number of aromatic hydroxyl groups is 1. The fourth-order valence-corrected chi connectivity index (χ4v) is 4.10. The maximum atomic E-state index is 13.3. The number of phenolic OH excluding ortho intramolecular Hbond substituents is 1. The second-order valence-corrected chi connectivity index (χ2v) is 8.07. The normalized spacial score (nSPS) is 14.2. The van der Waals surface area contributed by atoms with E-state index in [2.05, 4.69) is 11.1 Å². The number of fused-ring (bicyclic) bond motifs is 1. The number of nitrogens with zero attached hydrogens (tertiary/aromatic N) is 2. The highest BCUT2D eigenvalue weighted by Gasteiger charge is 2.31. The largest absolute Gasteiger partial charge is 0.506 e. The molecule has 0 saturated heterocycles. The van der Waals surface area contributed by atoms with Crippen molar-refractivity contribution in [1.29, 1.82) is 0 Å². The number of alkyl halides is 3. The molecule has 31 heavy (non-hydrogen) atoms. The lowest BCUT2D eigenvalue weighted by Crippen LogP contribution is -2.30. The summed E-state index contributed by atoms with van der Waals surface area (Å²) < 4.78 is 40.0. The highest BCUT2D eigenvalue weighted by atomic mass is 35.5. The van der Waals surface area contributed by atoms with Gasteiger partial charge < -0.3 is 10.0 Å². The molecule has 0 aliphatic carbocycles. The third-order valence-electron chi connectivity index (χ3n) is 5.17. The van der Waals surface area contributed by atoms with Gasteiger partial charge in [0.15, 0.2) is 0 Å². The Bertz CT molecular complexity index is 1160. The van der Waals surface area contributed by atoms with E-state index in [1.165, 1.54) is 30.0 Å². The van der Waals surface area contributed by atoms with Gasteiger partial charge in [-0.2, -0.15) is 13.2 Å². The molecule has 0 aromatic heterocycles. The van der Waals surface area contributed by atoms with Crippen LogP contribution in [0.2, 0.25) is 10.0 Å². The number of hydrogen-bond acceptors (Lipinski definition) is 3. The quantitative estimate of drug-likeness (QED) is 0.422. The Morgan fingerprint density at radius 3 is 2.48 bits per heavy atom. The molecule has 0 unspecified atom stereocenters. The van der Waals surface area contributed by atoms with Gasteiger partial charge in [0.05, 0.1) is 22.0 Å². The van der Waals surface area contributed by atoms with E-state index in [4.69, 9.17) is 23.2 Å². The van der Waals surface area contributed by atoms with Crippen molar-refractivity contribution in [1.82, 2.24) is 0 Å². The molecule has 0 atom stereocenters. The Kier molecular flexibility index (Phi) is 5.86. The molecule has 3 aromatic rings. The molecule has 0 radical (unpaired) electrons. The highest BCUT2D eigenvalue weighted by molar-refractivity contribution is 6.36. The molecule has 0 amide bonds. The number of phenols is 1. The molecule has 0 bridgehead atoms. The van der Waals surface area contributed by atoms with Crippen LogP contribution in [0.1, 0.15) is 22.3 Å². The molecule has 160 valence electrons. The fourth-order valence-electron chi connectivity index (χ4n) is 3.60. The molecular weight excluding hydrogens is 448 g/mol. The summed E-state index contributed by atoms with van der Waals surface area (Å²) >= 11 is 11.9. The number of rotatable bonds is 3. The lowest BCUT2D eigenvalue weighted by molar-refractivity contribution is -0.137. The molecule has 0 spiro atoms. The van der Waals surface area contributed by atoms with Gasteiger partial charge >= 0.3 is 6.18 Å². The first-order chi connectivity index (χ1) is 14.7. The van der Waals surface area contributed by atoms with Crippen molar-refractivity contribution in [2.75, 3.05) is 11.4 Å². The zero-order valence-corrected chi connectivity index (χ0v) is 17.6. The number of anilines is 1. The predicted octanol–water partition coefficient (Wildman–Crippen LogP) is 7.03. The van der Waals surface area contributed by atoms with Gasteiger partial charge in [0.1, 0.15) is 5.75 Å². The van der Waals surface area contributed by atoms with Crippen LogP contribution in [0.15, 0.2) is 59.6 Å². The molecule has 0 saturated carbocycles. The summed E-state index contributed by atoms with van der Waals surface area (Å²) in [4.78, 5) is 6.28. The Labute approximate surface area is 187 Å². The van der Waals surface area contributed by atoms with Crippen molar-refractivity contribution in [3.63, 3.8) is 0 Å². The molecule has 8 heteroatoms. The molecule has 3 nitrogen and oxygen atoms in total. The van der Waals surface area contributed by atoms with E-state index in [-0.39, 0.29) is 27.0 Å². The predicted molar refractivity (Wildman–Crippen MR) is 118 cm³/mol. The van der Waals surface area contributed by atoms with E-state index in [0.717, 1.165) is 24.1 Å². The summed E-state index contributed by atoms with van der Waals surface area (Å²) in [6.45, 7) is 1.22. The highest BCUT2D eigenvalue weighted by Crippen LogP contribution is 2.39. The van der Waals surface area contributed by atoms with Crippen molar-refractivity contribution in [2.45, 2.75) is 19.1 Å². The van der Waals surface area contributed by atoms with Crippen LogP contribution in [0.3, 0.4) is 0 Å². The second-order valence-electron chi connectivity index (χ2n) is 7.23. The second kappa shape index (κ2) is 8.44. The van der Waals surface area contributed by atoms with E-state index in [0.29, 0.717) is 18.8 Å². The smallest absolute Gasteiger partial charge is 0.416 e. The van der Waals surface area contributed by atoms with Gasteiger partial charge in [-0.05, 0) is 47.9 Å². The van der Waals surface area contributed by atoms with Crippen LogP contribution in [0.4, 0.5) is 24.5 Å². The first kappa shape index (κ1) is 21.5. The Hall–Kier alpha value is -2.70. The monoisotopic (exact) mass is 464 g/mol. The standard InChI is InChI=1S/C23H17Cl2F3N2O/c24-18-9-16(22(31)19(25)11-18)12-29-20-10-17(23(26,27)28)5-6-21(20)30-8-7-14-3-1-2-4-15(14)13-30/h1-6,9-12,31H,7-8,13H2. The number of aliphatic imine (C=N–C) groups is 1. The molecule has 1 aliphatic rings. The van der Waals surface area contributed by atoms with E-state index in [1.807, 2.05) is 23.1 Å². The van der Waals surface area contributed by atoms with Gasteiger partial charge in [-0.1, -0.05) is 47.5 Å². The van der Waals surface area contributed by atoms with E-state index in [9.17, 15) is 18.3 Å². The van der Waals surface area contributed by atoms with Crippen LogP contribution in [0.5, 0.6) is 5.75 Å². The Balaban J connectivity index is 1.75.